The van der Waals surface area contributed by atoms with E-state index in [4.69, 9.17) is 0 Å². The smallest absolute Gasteiger partial charge is 0.406 e. The maximum atomic E-state index is 14.0. The van der Waals surface area contributed by atoms with E-state index in [2.05, 4.69) is 15.0 Å². The summed E-state index contributed by atoms with van der Waals surface area (Å²) in [4.78, 5) is 15.7. The molecule has 5 rings (SSSR count). The molecule has 1 saturated heterocycles. The Labute approximate surface area is 198 Å². The van der Waals surface area contributed by atoms with Crippen molar-refractivity contribution in [2.45, 2.75) is 30.8 Å². The molecule has 0 aliphatic carbocycles. The largest absolute Gasteiger partial charge is 0.573 e. The molecule has 1 spiro atoms. The first-order valence-electron chi connectivity index (χ1n) is 11.0. The highest BCUT2D eigenvalue weighted by molar-refractivity contribution is 6.08. The van der Waals surface area contributed by atoms with Gasteiger partial charge in [0.25, 0.3) is 0 Å². The van der Waals surface area contributed by atoms with Gasteiger partial charge >= 0.3 is 6.36 Å². The Morgan fingerprint density at radius 1 is 0.971 bits per heavy atom. The highest BCUT2D eigenvalue weighted by Gasteiger charge is 2.56. The van der Waals surface area contributed by atoms with Crippen LogP contribution in [0.1, 0.15) is 40.4 Å². The van der Waals surface area contributed by atoms with Gasteiger partial charge in [0.05, 0.1) is 11.5 Å². The SMILES string of the molecule is CC(c1ccc(F)cc1)N1CC2(C1)Nc1cc(F)ccc1C(=O)C2c1ccc(OC(F)(F)F)cc1. The second-order valence-electron chi connectivity index (χ2n) is 9.02. The molecule has 0 bridgehead atoms. The maximum Gasteiger partial charge on any atom is 0.573 e. The summed E-state index contributed by atoms with van der Waals surface area (Å²) >= 11 is 0. The molecule has 1 fully saturated rings. The summed E-state index contributed by atoms with van der Waals surface area (Å²) in [6.07, 6.45) is -4.82. The number of Topliss-reactive ketones (excluding diaryl/α,β-unsaturated/α-hetero) is 1. The summed E-state index contributed by atoms with van der Waals surface area (Å²) < 4.78 is 69.0. The van der Waals surface area contributed by atoms with Crippen LogP contribution in [0, 0.1) is 11.6 Å². The third kappa shape index (κ3) is 4.36. The molecule has 2 aliphatic rings. The second-order valence-corrected chi connectivity index (χ2v) is 9.02. The minimum atomic E-state index is -4.82. The van der Waals surface area contributed by atoms with Crippen LogP contribution < -0.4 is 10.1 Å². The zero-order valence-corrected chi connectivity index (χ0v) is 18.6. The fraction of sp³-hybridized carbons (Fsp3) is 0.269. The van der Waals surface area contributed by atoms with Crippen LogP contribution in [0.15, 0.2) is 66.7 Å². The first-order valence-corrected chi connectivity index (χ1v) is 11.0. The van der Waals surface area contributed by atoms with Crippen molar-refractivity contribution in [2.24, 2.45) is 0 Å². The predicted molar refractivity (Wildman–Crippen MR) is 119 cm³/mol. The third-order valence-electron chi connectivity index (χ3n) is 6.76. The van der Waals surface area contributed by atoms with Gasteiger partial charge in [-0.2, -0.15) is 0 Å². The Kier molecular flexibility index (Phi) is 5.55. The molecule has 3 aromatic carbocycles. The number of nitrogens with one attached hydrogen (secondary N) is 1. The van der Waals surface area contributed by atoms with Crippen LogP contribution in [0.5, 0.6) is 5.75 Å². The number of alkyl halides is 3. The number of benzene rings is 3. The molecule has 182 valence electrons. The fourth-order valence-corrected chi connectivity index (χ4v) is 5.08. The number of carbonyl (C=O) groups is 1. The van der Waals surface area contributed by atoms with Crippen molar-refractivity contribution in [2.75, 3.05) is 18.4 Å². The molecule has 2 aliphatic heterocycles. The average molecular weight is 488 g/mol. The normalized spacial score (nSPS) is 20.1. The predicted octanol–water partition coefficient (Wildman–Crippen LogP) is 6.07. The van der Waals surface area contributed by atoms with Gasteiger partial charge in [-0.3, -0.25) is 9.69 Å². The number of rotatable bonds is 4. The minimum Gasteiger partial charge on any atom is -0.406 e. The van der Waals surface area contributed by atoms with E-state index >= 15 is 0 Å². The Morgan fingerprint density at radius 3 is 2.23 bits per heavy atom. The molecule has 0 radical (unpaired) electrons. The molecular formula is C26H21F5N2O2. The second kappa shape index (κ2) is 8.34. The maximum absolute atomic E-state index is 14.0. The van der Waals surface area contributed by atoms with E-state index < -0.39 is 23.6 Å². The molecule has 9 heteroatoms. The molecule has 2 unspecified atom stereocenters. The molecule has 0 saturated carbocycles. The van der Waals surface area contributed by atoms with Crippen LogP contribution in [-0.2, 0) is 0 Å². The number of ketones is 1. The van der Waals surface area contributed by atoms with Crippen LogP contribution in [0.4, 0.5) is 27.6 Å². The first kappa shape index (κ1) is 23.3. The molecule has 35 heavy (non-hydrogen) atoms. The lowest BCUT2D eigenvalue weighted by Crippen LogP contribution is -2.71. The Balaban J connectivity index is 1.47. The fourth-order valence-electron chi connectivity index (χ4n) is 5.08. The standard InChI is InChI=1S/C26H21F5N2O2/c1-15(16-2-6-18(27)7-3-16)33-13-25(14-33)23(17-4-9-20(10-5-17)35-26(29,30)31)24(34)21-11-8-19(28)12-22(21)32-25/h2-12,15,23,32H,13-14H2,1H3. The highest BCUT2D eigenvalue weighted by atomic mass is 19.4. The summed E-state index contributed by atoms with van der Waals surface area (Å²) in [6.45, 7) is 2.80. The number of hydrogen-bond acceptors (Lipinski definition) is 4. The zero-order chi connectivity index (χ0) is 25.0. The quantitative estimate of drug-likeness (QED) is 0.453. The summed E-state index contributed by atoms with van der Waals surface area (Å²) in [7, 11) is 0. The average Bonchev–Trinajstić information content (AvgIpc) is 2.77. The van der Waals surface area contributed by atoms with Gasteiger partial charge in [-0.1, -0.05) is 24.3 Å². The summed E-state index contributed by atoms with van der Waals surface area (Å²) in [5, 5.41) is 3.35. The van der Waals surface area contributed by atoms with E-state index in [1.165, 1.54) is 54.6 Å². The summed E-state index contributed by atoms with van der Waals surface area (Å²) in [5.41, 5.74) is 1.35. The van der Waals surface area contributed by atoms with Crippen LogP contribution >= 0.6 is 0 Å². The number of ether oxygens (including phenoxy) is 1. The molecule has 4 nitrogen and oxygen atoms in total. The lowest BCUT2D eigenvalue weighted by Gasteiger charge is -2.58. The van der Waals surface area contributed by atoms with E-state index in [0.29, 0.717) is 29.9 Å². The van der Waals surface area contributed by atoms with Gasteiger partial charge in [0, 0.05) is 30.4 Å². The van der Waals surface area contributed by atoms with Crippen LogP contribution in [0.2, 0.25) is 0 Å². The zero-order valence-electron chi connectivity index (χ0n) is 18.6. The number of likely N-dealkylation sites (tertiary alicyclic amines) is 1. The number of halogens is 5. The minimum absolute atomic E-state index is 0.0738. The number of hydrogen-bond donors (Lipinski definition) is 1. The summed E-state index contributed by atoms with van der Waals surface area (Å²) in [5.74, 6) is -2.15. The summed E-state index contributed by atoms with van der Waals surface area (Å²) in [6, 6.07) is 15.3. The van der Waals surface area contributed by atoms with Gasteiger partial charge < -0.3 is 10.1 Å². The Morgan fingerprint density at radius 2 is 1.60 bits per heavy atom. The Hall–Kier alpha value is -3.46. The topological polar surface area (TPSA) is 41.6 Å². The lowest BCUT2D eigenvalue weighted by molar-refractivity contribution is -0.274. The molecule has 1 N–H and O–H groups in total. The van der Waals surface area contributed by atoms with E-state index in [-0.39, 0.29) is 23.4 Å². The van der Waals surface area contributed by atoms with Gasteiger partial charge in [0.1, 0.15) is 17.4 Å². The van der Waals surface area contributed by atoms with Crippen LogP contribution in [0.25, 0.3) is 0 Å². The number of carbonyl (C=O) groups excluding carboxylic acids is 1. The van der Waals surface area contributed by atoms with Crippen molar-refractivity contribution in [3.8, 4) is 5.75 Å². The third-order valence-corrected chi connectivity index (χ3v) is 6.76. The lowest BCUT2D eigenvalue weighted by atomic mass is 9.67. The number of nitrogens with zero attached hydrogens (tertiary/aromatic N) is 1. The van der Waals surface area contributed by atoms with E-state index in [9.17, 15) is 26.7 Å². The monoisotopic (exact) mass is 488 g/mol. The Bertz CT molecular complexity index is 1250. The van der Waals surface area contributed by atoms with Crippen LogP contribution in [0.3, 0.4) is 0 Å². The van der Waals surface area contributed by atoms with Crippen molar-refractivity contribution in [3.05, 3.63) is 95.1 Å². The molecule has 3 aromatic rings. The number of fused-ring (bicyclic) bond motifs is 1. The van der Waals surface area contributed by atoms with Crippen LogP contribution in [-0.4, -0.2) is 35.7 Å². The van der Waals surface area contributed by atoms with Gasteiger partial charge in [0.15, 0.2) is 5.78 Å². The molecule has 2 heterocycles. The highest BCUT2D eigenvalue weighted by Crippen LogP contribution is 2.48. The van der Waals surface area contributed by atoms with Crippen molar-refractivity contribution >= 4 is 11.5 Å². The van der Waals surface area contributed by atoms with E-state index in [1.54, 1.807) is 12.1 Å². The van der Waals surface area contributed by atoms with E-state index in [1.807, 2.05) is 6.92 Å². The molecule has 0 aromatic heterocycles. The van der Waals surface area contributed by atoms with Crippen molar-refractivity contribution in [1.82, 2.24) is 4.90 Å². The molecule has 0 amide bonds. The van der Waals surface area contributed by atoms with Gasteiger partial charge in [0.2, 0.25) is 0 Å². The van der Waals surface area contributed by atoms with Crippen molar-refractivity contribution < 1.29 is 31.5 Å². The van der Waals surface area contributed by atoms with Gasteiger partial charge in [-0.25, -0.2) is 8.78 Å². The van der Waals surface area contributed by atoms with Crippen molar-refractivity contribution in [1.29, 1.82) is 0 Å². The first-order chi connectivity index (χ1) is 16.5. The van der Waals surface area contributed by atoms with Gasteiger partial charge in [-0.15, -0.1) is 13.2 Å². The van der Waals surface area contributed by atoms with Crippen molar-refractivity contribution in [3.63, 3.8) is 0 Å². The van der Waals surface area contributed by atoms with Gasteiger partial charge in [-0.05, 0) is 60.5 Å². The molecule has 2 atom stereocenters. The molecular weight excluding hydrogens is 467 g/mol. The number of anilines is 1. The van der Waals surface area contributed by atoms with E-state index in [0.717, 1.165) is 5.56 Å².